The summed E-state index contributed by atoms with van der Waals surface area (Å²) >= 11 is 0. The summed E-state index contributed by atoms with van der Waals surface area (Å²) in [6, 6.07) is 8.59. The fourth-order valence-corrected chi connectivity index (χ4v) is 3.52. The first-order valence-corrected chi connectivity index (χ1v) is 8.09. The van der Waals surface area contributed by atoms with Crippen LogP contribution in [-0.4, -0.2) is 31.1 Å². The van der Waals surface area contributed by atoms with E-state index in [9.17, 15) is 4.79 Å². The van der Waals surface area contributed by atoms with Gasteiger partial charge < -0.3 is 16.0 Å². The van der Waals surface area contributed by atoms with Crippen LogP contribution < -0.4 is 16.0 Å². The minimum atomic E-state index is -0.597. The molecule has 1 fully saturated rings. The van der Waals surface area contributed by atoms with Crippen LogP contribution in [0.15, 0.2) is 24.3 Å². The molecule has 0 bridgehead atoms. The van der Waals surface area contributed by atoms with Gasteiger partial charge in [0, 0.05) is 25.3 Å². The normalized spacial score (nSPS) is 17.9. The summed E-state index contributed by atoms with van der Waals surface area (Å²) in [6.07, 6.45) is 5.92. The minimum absolute atomic E-state index is 0. The van der Waals surface area contributed by atoms with Crippen LogP contribution in [0, 0.1) is 0 Å². The molecule has 0 spiro atoms. The van der Waals surface area contributed by atoms with Crippen LogP contribution in [-0.2, 0) is 11.2 Å². The standard InChI is InChI=1S/C17H25N3O.2ClH/c18-17(9-3-4-10-17)16(21)19-11-5-12-20-13-8-14-6-1-2-7-15(14)20;;/h1-2,6-7H,3-5,8-13,18H2,(H,19,21);2*1H. The lowest BCUT2D eigenvalue weighted by Gasteiger charge is -2.23. The molecule has 1 heterocycles. The van der Waals surface area contributed by atoms with Crippen molar-refractivity contribution in [3.05, 3.63) is 29.8 Å². The fourth-order valence-electron chi connectivity index (χ4n) is 3.52. The summed E-state index contributed by atoms with van der Waals surface area (Å²) in [5.74, 6) is 0.0434. The number of amides is 1. The van der Waals surface area contributed by atoms with Gasteiger partial charge in [0.15, 0.2) is 0 Å². The molecule has 3 N–H and O–H groups in total. The SMILES string of the molecule is Cl.Cl.NC1(C(=O)NCCCN2CCc3ccccc32)CCCC1. The van der Waals surface area contributed by atoms with Crippen molar-refractivity contribution in [2.24, 2.45) is 5.73 Å². The lowest BCUT2D eigenvalue weighted by Crippen LogP contribution is -2.52. The summed E-state index contributed by atoms with van der Waals surface area (Å²) in [5, 5.41) is 3.02. The number of hydrogen-bond acceptors (Lipinski definition) is 3. The van der Waals surface area contributed by atoms with Crippen molar-refractivity contribution in [3.63, 3.8) is 0 Å². The first kappa shape index (κ1) is 20.1. The second-order valence-electron chi connectivity index (χ2n) is 6.34. The van der Waals surface area contributed by atoms with Crippen LogP contribution >= 0.6 is 24.8 Å². The quantitative estimate of drug-likeness (QED) is 0.794. The van der Waals surface area contributed by atoms with Gasteiger partial charge in [-0.1, -0.05) is 31.0 Å². The highest BCUT2D eigenvalue weighted by molar-refractivity contribution is 5.86. The Kier molecular flexibility index (Phi) is 7.65. The van der Waals surface area contributed by atoms with Gasteiger partial charge in [0.25, 0.3) is 0 Å². The van der Waals surface area contributed by atoms with Crippen molar-refractivity contribution in [2.45, 2.75) is 44.1 Å². The number of rotatable bonds is 5. The molecule has 0 unspecified atom stereocenters. The van der Waals surface area contributed by atoms with Crippen LogP contribution in [0.4, 0.5) is 5.69 Å². The molecule has 1 aromatic rings. The van der Waals surface area contributed by atoms with Crippen LogP contribution in [0.25, 0.3) is 0 Å². The lowest BCUT2D eigenvalue weighted by atomic mass is 9.98. The number of nitrogens with two attached hydrogens (primary N) is 1. The molecule has 0 radical (unpaired) electrons. The van der Waals surface area contributed by atoms with Gasteiger partial charge in [-0.25, -0.2) is 0 Å². The molecule has 1 aromatic carbocycles. The molecule has 23 heavy (non-hydrogen) atoms. The highest BCUT2D eigenvalue weighted by atomic mass is 35.5. The zero-order valence-electron chi connectivity index (χ0n) is 13.4. The zero-order chi connectivity index (χ0) is 14.7. The fraction of sp³-hybridized carbons (Fsp3) is 0.588. The average Bonchev–Trinajstić information content (AvgIpc) is 3.11. The Morgan fingerprint density at radius 2 is 1.91 bits per heavy atom. The van der Waals surface area contributed by atoms with Crippen LogP contribution in [0.1, 0.15) is 37.7 Å². The van der Waals surface area contributed by atoms with Crippen molar-refractivity contribution < 1.29 is 4.79 Å². The molecule has 3 rings (SSSR count). The first-order valence-electron chi connectivity index (χ1n) is 8.09. The number of para-hydroxylation sites is 1. The van der Waals surface area contributed by atoms with E-state index in [1.54, 1.807) is 0 Å². The van der Waals surface area contributed by atoms with Gasteiger partial charge in [-0.3, -0.25) is 4.79 Å². The number of nitrogens with zero attached hydrogens (tertiary/aromatic N) is 1. The van der Waals surface area contributed by atoms with E-state index in [1.165, 1.54) is 11.3 Å². The van der Waals surface area contributed by atoms with Crippen LogP contribution in [0.2, 0.25) is 0 Å². The molecule has 2 aliphatic rings. The molecule has 130 valence electrons. The van der Waals surface area contributed by atoms with Gasteiger partial charge in [-0.05, 0) is 37.3 Å². The molecular formula is C17H27Cl2N3O. The van der Waals surface area contributed by atoms with Gasteiger partial charge in [-0.15, -0.1) is 24.8 Å². The summed E-state index contributed by atoms with van der Waals surface area (Å²) in [6.45, 7) is 2.80. The zero-order valence-corrected chi connectivity index (χ0v) is 15.1. The van der Waals surface area contributed by atoms with E-state index in [-0.39, 0.29) is 30.7 Å². The predicted octanol–water partition coefficient (Wildman–Crippen LogP) is 2.67. The van der Waals surface area contributed by atoms with E-state index in [4.69, 9.17) is 5.73 Å². The molecule has 1 saturated carbocycles. The molecule has 0 aromatic heterocycles. The summed E-state index contributed by atoms with van der Waals surface area (Å²) in [7, 11) is 0. The number of benzene rings is 1. The number of fused-ring (bicyclic) bond motifs is 1. The molecule has 4 nitrogen and oxygen atoms in total. The van der Waals surface area contributed by atoms with E-state index in [0.29, 0.717) is 0 Å². The third-order valence-corrected chi connectivity index (χ3v) is 4.82. The van der Waals surface area contributed by atoms with Crippen molar-refractivity contribution in [2.75, 3.05) is 24.5 Å². The maximum absolute atomic E-state index is 12.1. The third-order valence-electron chi connectivity index (χ3n) is 4.82. The van der Waals surface area contributed by atoms with Crippen molar-refractivity contribution >= 4 is 36.4 Å². The lowest BCUT2D eigenvalue weighted by molar-refractivity contribution is -0.126. The smallest absolute Gasteiger partial charge is 0.240 e. The summed E-state index contributed by atoms with van der Waals surface area (Å²) in [4.78, 5) is 14.5. The number of halogens is 2. The Labute approximate surface area is 151 Å². The molecule has 0 saturated heterocycles. The average molecular weight is 360 g/mol. The Bertz CT molecular complexity index is 518. The maximum atomic E-state index is 12.1. The third kappa shape index (κ3) is 4.52. The second kappa shape index (κ2) is 8.76. The van der Waals surface area contributed by atoms with Gasteiger partial charge in [0.05, 0.1) is 5.54 Å². The van der Waals surface area contributed by atoms with Crippen LogP contribution in [0.3, 0.4) is 0 Å². The molecule has 6 heteroatoms. The number of anilines is 1. The van der Waals surface area contributed by atoms with Crippen molar-refractivity contribution in [1.29, 1.82) is 0 Å². The van der Waals surface area contributed by atoms with Gasteiger partial charge in [-0.2, -0.15) is 0 Å². The largest absolute Gasteiger partial charge is 0.371 e. The van der Waals surface area contributed by atoms with E-state index in [1.807, 2.05) is 0 Å². The Morgan fingerprint density at radius 3 is 2.65 bits per heavy atom. The Hall–Kier alpha value is -0.970. The van der Waals surface area contributed by atoms with E-state index in [0.717, 1.165) is 58.2 Å². The number of carbonyl (C=O) groups excluding carboxylic acids is 1. The maximum Gasteiger partial charge on any atom is 0.240 e. The molecule has 1 aliphatic heterocycles. The van der Waals surface area contributed by atoms with E-state index in [2.05, 4.69) is 34.5 Å². The number of nitrogens with one attached hydrogen (secondary N) is 1. The topological polar surface area (TPSA) is 58.4 Å². The number of hydrogen-bond donors (Lipinski definition) is 2. The predicted molar refractivity (Wildman–Crippen MR) is 99.9 cm³/mol. The highest BCUT2D eigenvalue weighted by Crippen LogP contribution is 2.28. The second-order valence-corrected chi connectivity index (χ2v) is 6.34. The molecule has 1 amide bonds. The minimum Gasteiger partial charge on any atom is -0.371 e. The molecule has 1 aliphatic carbocycles. The summed E-state index contributed by atoms with van der Waals surface area (Å²) < 4.78 is 0. The number of carbonyl (C=O) groups is 1. The van der Waals surface area contributed by atoms with Crippen LogP contribution in [0.5, 0.6) is 0 Å². The van der Waals surface area contributed by atoms with E-state index >= 15 is 0 Å². The van der Waals surface area contributed by atoms with Crippen molar-refractivity contribution in [1.82, 2.24) is 5.32 Å². The monoisotopic (exact) mass is 359 g/mol. The molecule has 0 atom stereocenters. The molecular weight excluding hydrogens is 333 g/mol. The first-order chi connectivity index (χ1) is 10.2. The van der Waals surface area contributed by atoms with E-state index < -0.39 is 5.54 Å². The van der Waals surface area contributed by atoms with Gasteiger partial charge in [0.2, 0.25) is 5.91 Å². The summed E-state index contributed by atoms with van der Waals surface area (Å²) in [5.41, 5.74) is 8.35. The van der Waals surface area contributed by atoms with Crippen molar-refractivity contribution in [3.8, 4) is 0 Å². The Balaban J connectivity index is 0.00000132. The van der Waals surface area contributed by atoms with Gasteiger partial charge in [0.1, 0.15) is 0 Å². The highest BCUT2D eigenvalue weighted by Gasteiger charge is 2.36. The van der Waals surface area contributed by atoms with Gasteiger partial charge >= 0.3 is 0 Å². The Morgan fingerprint density at radius 1 is 1.22 bits per heavy atom.